The summed E-state index contributed by atoms with van der Waals surface area (Å²) in [4.78, 5) is 22.3. The molecule has 0 saturated carbocycles. The zero-order chi connectivity index (χ0) is 16.5. The molecule has 0 N–H and O–H groups in total. The zero-order valence-corrected chi connectivity index (χ0v) is 12.0. The first-order valence-electron chi connectivity index (χ1n) is 6.62. The molecule has 0 rings (SSSR count). The molecule has 0 radical (unpaired) electrons. The average molecular weight is 316 g/mol. The van der Waals surface area contributed by atoms with Crippen LogP contribution < -0.4 is 0 Å². The van der Waals surface area contributed by atoms with E-state index in [4.69, 9.17) is 4.74 Å². The Hall–Kier alpha value is -1.34. The standard InChI is InChI=1S/C13H20F4O4/c1-9(2)6-7-20-10(18)4-3-5-11(19)21-8-13(16,17)12(14)15/h9,12H,3-8H2,1-2H3. The minimum atomic E-state index is -4.36. The van der Waals surface area contributed by atoms with Crippen LogP contribution in [0.25, 0.3) is 0 Å². The van der Waals surface area contributed by atoms with Crippen LogP contribution in [0, 0.1) is 5.92 Å². The summed E-state index contributed by atoms with van der Waals surface area (Å²) in [7, 11) is 0. The third-order valence-corrected chi connectivity index (χ3v) is 2.46. The highest BCUT2D eigenvalue weighted by molar-refractivity contribution is 5.72. The van der Waals surface area contributed by atoms with Gasteiger partial charge >= 0.3 is 24.3 Å². The molecule has 0 bridgehead atoms. The number of alkyl halides is 4. The minimum Gasteiger partial charge on any atom is -0.466 e. The minimum absolute atomic E-state index is 0.0552. The fraction of sp³-hybridized carbons (Fsp3) is 0.846. The summed E-state index contributed by atoms with van der Waals surface area (Å²) in [5.74, 6) is -5.51. The lowest BCUT2D eigenvalue weighted by molar-refractivity contribution is -0.179. The van der Waals surface area contributed by atoms with Gasteiger partial charge in [0.15, 0.2) is 6.61 Å². The largest absolute Gasteiger partial charge is 0.466 e. The Morgan fingerprint density at radius 1 is 1.05 bits per heavy atom. The number of carbonyl (C=O) groups is 2. The summed E-state index contributed by atoms with van der Waals surface area (Å²) >= 11 is 0. The number of ether oxygens (including phenoxy) is 2. The van der Waals surface area contributed by atoms with E-state index in [0.29, 0.717) is 5.92 Å². The maximum Gasteiger partial charge on any atom is 0.340 e. The smallest absolute Gasteiger partial charge is 0.340 e. The molecule has 0 spiro atoms. The van der Waals surface area contributed by atoms with E-state index in [9.17, 15) is 27.2 Å². The van der Waals surface area contributed by atoms with E-state index < -0.39 is 30.9 Å². The lowest BCUT2D eigenvalue weighted by Gasteiger charge is -2.14. The van der Waals surface area contributed by atoms with Crippen LogP contribution in [0.5, 0.6) is 0 Å². The van der Waals surface area contributed by atoms with Crippen LogP contribution in [0.15, 0.2) is 0 Å². The summed E-state index contributed by atoms with van der Waals surface area (Å²) in [5.41, 5.74) is 0. The van der Waals surface area contributed by atoms with Crippen LogP contribution in [0.1, 0.15) is 39.5 Å². The number of hydrogen-bond donors (Lipinski definition) is 0. The maximum absolute atomic E-state index is 12.5. The summed E-state index contributed by atoms with van der Waals surface area (Å²) in [6.07, 6.45) is -3.48. The second-order valence-corrected chi connectivity index (χ2v) is 4.98. The lowest BCUT2D eigenvalue weighted by Crippen LogP contribution is -2.33. The van der Waals surface area contributed by atoms with Gasteiger partial charge in [0.25, 0.3) is 0 Å². The molecule has 8 heteroatoms. The van der Waals surface area contributed by atoms with Gasteiger partial charge in [0, 0.05) is 12.8 Å². The molecule has 0 aromatic heterocycles. The Labute approximate surface area is 120 Å². The summed E-state index contributed by atoms with van der Waals surface area (Å²) in [6, 6.07) is 0. The molecule has 0 unspecified atom stereocenters. The lowest BCUT2D eigenvalue weighted by atomic mass is 10.1. The second kappa shape index (κ2) is 9.57. The van der Waals surface area contributed by atoms with Crippen molar-refractivity contribution in [3.05, 3.63) is 0 Å². The zero-order valence-electron chi connectivity index (χ0n) is 12.0. The van der Waals surface area contributed by atoms with Gasteiger partial charge in [0.2, 0.25) is 0 Å². The Bertz CT molecular complexity index is 332. The predicted molar refractivity (Wildman–Crippen MR) is 66.2 cm³/mol. The molecule has 0 aromatic rings. The van der Waals surface area contributed by atoms with Gasteiger partial charge in [-0.2, -0.15) is 8.78 Å². The SMILES string of the molecule is CC(C)CCOC(=O)CCCC(=O)OCC(F)(F)C(F)F. The number of halogens is 4. The predicted octanol–water partition coefficient (Wildman–Crippen LogP) is 3.19. The van der Waals surface area contributed by atoms with E-state index >= 15 is 0 Å². The van der Waals surface area contributed by atoms with Crippen molar-refractivity contribution < 1.29 is 36.6 Å². The number of carbonyl (C=O) groups excluding carboxylic acids is 2. The highest BCUT2D eigenvalue weighted by atomic mass is 19.3. The Balaban J connectivity index is 3.73. The van der Waals surface area contributed by atoms with Crippen LogP contribution in [0.2, 0.25) is 0 Å². The van der Waals surface area contributed by atoms with E-state index in [2.05, 4.69) is 4.74 Å². The van der Waals surface area contributed by atoms with Gasteiger partial charge in [0.05, 0.1) is 6.61 Å². The van der Waals surface area contributed by atoms with Gasteiger partial charge in [-0.1, -0.05) is 13.8 Å². The molecule has 0 atom stereocenters. The number of hydrogen-bond acceptors (Lipinski definition) is 4. The monoisotopic (exact) mass is 316 g/mol. The second-order valence-electron chi connectivity index (χ2n) is 4.98. The molecule has 0 fully saturated rings. The Morgan fingerprint density at radius 3 is 2.05 bits per heavy atom. The molecular formula is C13H20F4O4. The quantitative estimate of drug-likeness (QED) is 0.459. The van der Waals surface area contributed by atoms with E-state index in [1.807, 2.05) is 13.8 Å². The fourth-order valence-corrected chi connectivity index (χ4v) is 1.17. The van der Waals surface area contributed by atoms with Crippen LogP contribution in [-0.4, -0.2) is 37.5 Å². The van der Waals surface area contributed by atoms with Gasteiger partial charge in [0.1, 0.15) is 0 Å². The van der Waals surface area contributed by atoms with Gasteiger partial charge < -0.3 is 9.47 Å². The average Bonchev–Trinajstić information content (AvgIpc) is 2.36. The molecule has 0 saturated heterocycles. The molecule has 124 valence electrons. The molecule has 0 aliphatic carbocycles. The first-order valence-corrected chi connectivity index (χ1v) is 6.62. The Kier molecular flexibility index (Phi) is 8.96. The fourth-order valence-electron chi connectivity index (χ4n) is 1.17. The molecule has 21 heavy (non-hydrogen) atoms. The first kappa shape index (κ1) is 19.7. The topological polar surface area (TPSA) is 52.6 Å². The third kappa shape index (κ3) is 10.1. The van der Waals surface area contributed by atoms with Crippen molar-refractivity contribution >= 4 is 11.9 Å². The van der Waals surface area contributed by atoms with Crippen LogP contribution in [0.3, 0.4) is 0 Å². The highest BCUT2D eigenvalue weighted by Gasteiger charge is 2.42. The summed E-state index contributed by atoms with van der Waals surface area (Å²) in [5, 5.41) is 0. The number of rotatable bonds is 10. The van der Waals surface area contributed by atoms with Gasteiger partial charge in [-0.05, 0) is 18.8 Å². The summed E-state index contributed by atoms with van der Waals surface area (Å²) in [6.45, 7) is 2.56. The van der Waals surface area contributed by atoms with Crippen molar-refractivity contribution in [1.29, 1.82) is 0 Å². The molecular weight excluding hydrogens is 296 g/mol. The van der Waals surface area contributed by atoms with Crippen molar-refractivity contribution in [3.8, 4) is 0 Å². The van der Waals surface area contributed by atoms with Crippen molar-refractivity contribution in [2.45, 2.75) is 51.9 Å². The molecule has 0 aromatic carbocycles. The molecule has 0 amide bonds. The first-order chi connectivity index (χ1) is 9.65. The molecule has 0 aliphatic heterocycles. The van der Waals surface area contributed by atoms with Crippen LogP contribution in [0.4, 0.5) is 17.6 Å². The Morgan fingerprint density at radius 2 is 1.57 bits per heavy atom. The van der Waals surface area contributed by atoms with Gasteiger partial charge in [-0.3, -0.25) is 9.59 Å². The maximum atomic E-state index is 12.5. The van der Waals surface area contributed by atoms with Crippen molar-refractivity contribution in [3.63, 3.8) is 0 Å². The molecule has 4 nitrogen and oxygen atoms in total. The van der Waals surface area contributed by atoms with Crippen molar-refractivity contribution in [2.24, 2.45) is 5.92 Å². The van der Waals surface area contributed by atoms with Crippen molar-refractivity contribution in [2.75, 3.05) is 13.2 Å². The normalized spacial score (nSPS) is 11.8. The van der Waals surface area contributed by atoms with Gasteiger partial charge in [-0.15, -0.1) is 0 Å². The molecule has 0 heterocycles. The van der Waals surface area contributed by atoms with Crippen molar-refractivity contribution in [1.82, 2.24) is 0 Å². The number of esters is 2. The van der Waals surface area contributed by atoms with E-state index in [1.165, 1.54) is 0 Å². The third-order valence-electron chi connectivity index (χ3n) is 2.46. The van der Waals surface area contributed by atoms with E-state index in [1.54, 1.807) is 0 Å². The molecule has 0 aliphatic rings. The van der Waals surface area contributed by atoms with Gasteiger partial charge in [-0.25, -0.2) is 8.78 Å². The van der Waals surface area contributed by atoms with Crippen LogP contribution in [-0.2, 0) is 19.1 Å². The summed E-state index contributed by atoms with van der Waals surface area (Å²) < 4.78 is 57.4. The van der Waals surface area contributed by atoms with E-state index in [-0.39, 0.29) is 25.9 Å². The van der Waals surface area contributed by atoms with Crippen LogP contribution >= 0.6 is 0 Å². The van der Waals surface area contributed by atoms with E-state index in [0.717, 1.165) is 6.42 Å². The highest BCUT2D eigenvalue weighted by Crippen LogP contribution is 2.23.